The van der Waals surface area contributed by atoms with Crippen LogP contribution in [0.2, 0.25) is 0 Å². The van der Waals surface area contributed by atoms with Crippen LogP contribution >= 0.6 is 11.8 Å². The number of ether oxygens (including phenoxy) is 1. The third kappa shape index (κ3) is 4.17. The fourth-order valence-electron chi connectivity index (χ4n) is 4.06. The van der Waals surface area contributed by atoms with E-state index in [1.807, 2.05) is 25.1 Å². The minimum atomic E-state index is -0.749. The zero-order valence-electron chi connectivity index (χ0n) is 18.9. The first kappa shape index (κ1) is 22.7. The maximum atomic E-state index is 13.9. The SMILES string of the molecule is COc1ccc2c3oc(=O)c(Sc4cccc(C)c4)c(O)c3c(=O)n(Cc3cccc(F)c3)c2c1. The highest BCUT2D eigenvalue weighted by Crippen LogP contribution is 2.38. The van der Waals surface area contributed by atoms with E-state index < -0.39 is 22.8 Å². The first-order valence-corrected chi connectivity index (χ1v) is 11.6. The van der Waals surface area contributed by atoms with E-state index >= 15 is 0 Å². The number of hydrogen-bond acceptors (Lipinski definition) is 6. The number of fused-ring (bicyclic) bond motifs is 3. The van der Waals surface area contributed by atoms with E-state index in [1.165, 1.54) is 23.8 Å². The lowest BCUT2D eigenvalue weighted by molar-refractivity contribution is 0.415. The van der Waals surface area contributed by atoms with Crippen molar-refractivity contribution in [2.75, 3.05) is 7.11 Å². The lowest BCUT2D eigenvalue weighted by atomic mass is 10.1. The van der Waals surface area contributed by atoms with Gasteiger partial charge in [0.2, 0.25) is 0 Å². The summed E-state index contributed by atoms with van der Waals surface area (Å²) in [6, 6.07) is 18.3. The molecule has 0 saturated heterocycles. The predicted molar refractivity (Wildman–Crippen MR) is 133 cm³/mol. The Bertz CT molecular complexity index is 1720. The molecule has 0 radical (unpaired) electrons. The maximum absolute atomic E-state index is 13.9. The minimum absolute atomic E-state index is 0.0146. The molecule has 0 fully saturated rings. The standard InChI is InChI=1S/C27H20FNO5S/c1-15-5-3-8-19(11-15)35-25-23(30)22-24(34-27(25)32)20-10-9-18(33-2)13-21(20)29(26(22)31)14-16-6-4-7-17(28)12-16/h3-13,30H,14H2,1-2H3. The van der Waals surface area contributed by atoms with Gasteiger partial charge in [0.15, 0.2) is 11.3 Å². The fraction of sp³-hybridized carbons (Fsp3) is 0.111. The largest absolute Gasteiger partial charge is 0.505 e. The predicted octanol–water partition coefficient (Wildman–Crippen LogP) is 5.47. The van der Waals surface area contributed by atoms with E-state index in [0.29, 0.717) is 22.2 Å². The van der Waals surface area contributed by atoms with Crippen molar-refractivity contribution in [3.05, 3.63) is 104 Å². The van der Waals surface area contributed by atoms with Gasteiger partial charge in [0.25, 0.3) is 5.56 Å². The average molecular weight is 490 g/mol. The van der Waals surface area contributed by atoms with Crippen molar-refractivity contribution in [1.82, 2.24) is 4.57 Å². The lowest BCUT2D eigenvalue weighted by Crippen LogP contribution is -2.23. The molecule has 0 atom stereocenters. The number of aromatic hydroxyl groups is 1. The maximum Gasteiger partial charge on any atom is 0.354 e. The van der Waals surface area contributed by atoms with E-state index in [-0.39, 0.29) is 22.4 Å². The van der Waals surface area contributed by atoms with Gasteiger partial charge >= 0.3 is 5.63 Å². The first-order chi connectivity index (χ1) is 16.9. The molecule has 0 saturated carbocycles. The zero-order chi connectivity index (χ0) is 24.7. The number of rotatable bonds is 5. The molecule has 35 heavy (non-hydrogen) atoms. The van der Waals surface area contributed by atoms with Crippen LogP contribution in [0.25, 0.3) is 21.9 Å². The number of aromatic nitrogens is 1. The molecule has 0 bridgehead atoms. The first-order valence-electron chi connectivity index (χ1n) is 10.7. The summed E-state index contributed by atoms with van der Waals surface area (Å²) in [5.41, 5.74) is 0.629. The molecule has 0 aliphatic heterocycles. The summed E-state index contributed by atoms with van der Waals surface area (Å²) in [6.45, 7) is 1.95. The molecule has 8 heteroatoms. The van der Waals surface area contributed by atoms with E-state index in [1.54, 1.807) is 36.4 Å². The highest BCUT2D eigenvalue weighted by Gasteiger charge is 2.23. The van der Waals surface area contributed by atoms with Crippen molar-refractivity contribution < 1.29 is 18.7 Å². The van der Waals surface area contributed by atoms with Crippen LogP contribution in [0.15, 0.2) is 90.5 Å². The van der Waals surface area contributed by atoms with Gasteiger partial charge in [-0.2, -0.15) is 0 Å². The second-order valence-electron chi connectivity index (χ2n) is 8.09. The van der Waals surface area contributed by atoms with Gasteiger partial charge in [0, 0.05) is 16.3 Å². The Hall–Kier alpha value is -4.04. The number of halogens is 1. The number of hydrogen-bond donors (Lipinski definition) is 1. The van der Waals surface area contributed by atoms with Gasteiger partial charge in [-0.25, -0.2) is 9.18 Å². The summed E-state index contributed by atoms with van der Waals surface area (Å²) >= 11 is 1.03. The van der Waals surface area contributed by atoms with Gasteiger partial charge in [-0.05, 0) is 48.9 Å². The number of nitrogens with zero attached hydrogens (tertiary/aromatic N) is 1. The number of benzene rings is 3. The van der Waals surface area contributed by atoms with E-state index in [0.717, 1.165) is 22.2 Å². The van der Waals surface area contributed by atoms with Gasteiger partial charge in [0.1, 0.15) is 21.8 Å². The molecule has 0 spiro atoms. The van der Waals surface area contributed by atoms with Crippen LogP contribution in [-0.4, -0.2) is 16.8 Å². The van der Waals surface area contributed by atoms with Gasteiger partial charge in [0.05, 0.1) is 19.2 Å². The molecule has 176 valence electrons. The van der Waals surface area contributed by atoms with E-state index in [2.05, 4.69) is 0 Å². The molecule has 0 aliphatic carbocycles. The van der Waals surface area contributed by atoms with Crippen molar-refractivity contribution in [1.29, 1.82) is 0 Å². The van der Waals surface area contributed by atoms with E-state index in [4.69, 9.17) is 9.15 Å². The zero-order valence-corrected chi connectivity index (χ0v) is 19.7. The molecule has 2 heterocycles. The summed E-state index contributed by atoms with van der Waals surface area (Å²) < 4.78 is 26.2. The van der Waals surface area contributed by atoms with Crippen molar-refractivity contribution in [2.45, 2.75) is 23.3 Å². The smallest absolute Gasteiger partial charge is 0.354 e. The molecule has 2 aromatic heterocycles. The summed E-state index contributed by atoms with van der Waals surface area (Å²) in [7, 11) is 1.50. The molecule has 5 aromatic rings. The van der Waals surface area contributed by atoms with Gasteiger partial charge in [-0.1, -0.05) is 41.6 Å². The van der Waals surface area contributed by atoms with Crippen LogP contribution in [0.4, 0.5) is 4.39 Å². The molecule has 5 rings (SSSR count). The molecule has 6 nitrogen and oxygen atoms in total. The van der Waals surface area contributed by atoms with Gasteiger partial charge < -0.3 is 18.8 Å². The topological polar surface area (TPSA) is 81.7 Å². The molecule has 0 aliphatic rings. The Balaban J connectivity index is 1.81. The summed E-state index contributed by atoms with van der Waals surface area (Å²) in [6.07, 6.45) is 0. The Morgan fingerprint density at radius 2 is 1.86 bits per heavy atom. The Labute approximate surface area is 203 Å². The van der Waals surface area contributed by atoms with E-state index in [9.17, 15) is 19.1 Å². The van der Waals surface area contributed by atoms with Crippen molar-refractivity contribution in [3.63, 3.8) is 0 Å². The van der Waals surface area contributed by atoms with Crippen LogP contribution in [0.1, 0.15) is 11.1 Å². The monoisotopic (exact) mass is 489 g/mol. The molecule has 3 aromatic carbocycles. The lowest BCUT2D eigenvalue weighted by Gasteiger charge is -2.15. The molecule has 0 amide bonds. The van der Waals surface area contributed by atoms with Gasteiger partial charge in [-0.3, -0.25) is 4.79 Å². The van der Waals surface area contributed by atoms with Crippen molar-refractivity contribution in [2.24, 2.45) is 0 Å². The highest BCUT2D eigenvalue weighted by atomic mass is 32.2. The van der Waals surface area contributed by atoms with Crippen LogP contribution in [0, 0.1) is 12.7 Å². The molecular formula is C27H20FNO5S. The average Bonchev–Trinajstić information content (AvgIpc) is 2.83. The number of pyridine rings is 1. The fourth-order valence-corrected chi connectivity index (χ4v) is 5.01. The Kier molecular flexibility index (Phi) is 5.82. The molecule has 0 unspecified atom stereocenters. The van der Waals surface area contributed by atoms with Crippen LogP contribution in [-0.2, 0) is 6.54 Å². The van der Waals surface area contributed by atoms with Crippen LogP contribution < -0.4 is 15.9 Å². The highest BCUT2D eigenvalue weighted by molar-refractivity contribution is 7.99. The summed E-state index contributed by atoms with van der Waals surface area (Å²) in [5, 5.41) is 11.5. The van der Waals surface area contributed by atoms with Gasteiger partial charge in [-0.15, -0.1) is 0 Å². The Morgan fingerprint density at radius 3 is 2.60 bits per heavy atom. The third-order valence-electron chi connectivity index (χ3n) is 5.70. The second kappa shape index (κ2) is 8.96. The second-order valence-corrected chi connectivity index (χ2v) is 9.18. The molecular weight excluding hydrogens is 469 g/mol. The number of aryl methyl sites for hydroxylation is 1. The van der Waals surface area contributed by atoms with Crippen LogP contribution in [0.5, 0.6) is 11.5 Å². The number of methoxy groups -OCH3 is 1. The summed E-state index contributed by atoms with van der Waals surface area (Å²) in [4.78, 5) is 27.3. The quantitative estimate of drug-likeness (QED) is 0.330. The minimum Gasteiger partial charge on any atom is -0.505 e. The van der Waals surface area contributed by atoms with Crippen molar-refractivity contribution in [3.8, 4) is 11.5 Å². The third-order valence-corrected chi connectivity index (χ3v) is 6.75. The van der Waals surface area contributed by atoms with Crippen molar-refractivity contribution >= 4 is 33.6 Å². The normalized spacial score (nSPS) is 11.3. The molecule has 1 N–H and O–H groups in total. The Morgan fingerprint density at radius 1 is 1.06 bits per heavy atom. The van der Waals surface area contributed by atoms with Crippen LogP contribution in [0.3, 0.4) is 0 Å². The summed E-state index contributed by atoms with van der Waals surface area (Å²) in [5.74, 6) is -0.384.